The second-order valence-electron chi connectivity index (χ2n) is 8.97. The summed E-state index contributed by atoms with van der Waals surface area (Å²) < 4.78 is 1.99. The van der Waals surface area contributed by atoms with Crippen molar-refractivity contribution in [2.24, 2.45) is 0 Å². The van der Waals surface area contributed by atoms with Gasteiger partial charge in [0.2, 0.25) is 0 Å². The number of fused-ring (bicyclic) bond motifs is 1. The maximum atomic E-state index is 11.1. The van der Waals surface area contributed by atoms with Crippen molar-refractivity contribution in [3.63, 3.8) is 0 Å². The molecule has 0 amide bonds. The van der Waals surface area contributed by atoms with Crippen LogP contribution in [0.1, 0.15) is 49.6 Å². The molecule has 1 fully saturated rings. The van der Waals surface area contributed by atoms with Gasteiger partial charge in [0.15, 0.2) is 0 Å². The molecule has 1 saturated carbocycles. The first-order valence-electron chi connectivity index (χ1n) is 10.5. The van der Waals surface area contributed by atoms with Crippen molar-refractivity contribution in [3.05, 3.63) is 83.9 Å². The molecule has 4 aromatic rings. The van der Waals surface area contributed by atoms with Gasteiger partial charge in [0.1, 0.15) is 28.5 Å². The van der Waals surface area contributed by atoms with E-state index in [4.69, 9.17) is 10.7 Å². The zero-order valence-electron chi connectivity index (χ0n) is 17.7. The molecule has 1 aliphatic rings. The minimum Gasteiger partial charge on any atom is -0.390 e. The zero-order valence-corrected chi connectivity index (χ0v) is 17.7. The highest BCUT2D eigenvalue weighted by atomic mass is 16.3. The Hall–Kier alpha value is -3.22. The van der Waals surface area contributed by atoms with Crippen molar-refractivity contribution >= 4 is 11.3 Å². The van der Waals surface area contributed by atoms with Crippen LogP contribution in [0.5, 0.6) is 0 Å². The van der Waals surface area contributed by atoms with E-state index in [-0.39, 0.29) is 5.92 Å². The number of aromatic nitrogens is 3. The summed E-state index contributed by atoms with van der Waals surface area (Å²) in [5.74, 6) is 1.49. The van der Waals surface area contributed by atoms with Crippen LogP contribution >= 0.6 is 0 Å². The van der Waals surface area contributed by atoms with Gasteiger partial charge in [-0.2, -0.15) is 0 Å². The van der Waals surface area contributed by atoms with Gasteiger partial charge in [0, 0.05) is 23.9 Å². The number of imidazole rings is 1. The highest BCUT2D eigenvalue weighted by molar-refractivity contribution is 5.85. The highest BCUT2D eigenvalue weighted by Gasteiger charge is 2.41. The summed E-state index contributed by atoms with van der Waals surface area (Å²) in [4.78, 5) is 9.19. The third kappa shape index (κ3) is 3.28. The Morgan fingerprint density at radius 2 is 1.71 bits per heavy atom. The molecule has 6 heteroatoms. The van der Waals surface area contributed by atoms with E-state index in [0.29, 0.717) is 18.7 Å². The number of anilines is 1. The third-order valence-electron chi connectivity index (χ3n) is 6.40. The summed E-state index contributed by atoms with van der Waals surface area (Å²) in [6, 6.07) is 17.4. The van der Waals surface area contributed by atoms with Gasteiger partial charge < -0.3 is 15.9 Å². The predicted molar refractivity (Wildman–Crippen MR) is 121 cm³/mol. The average Bonchev–Trinajstić information content (AvgIpc) is 3.13. The molecular formula is C25H26N4O2. The molecule has 0 aliphatic heterocycles. The molecule has 1 aliphatic carbocycles. The Labute approximate surface area is 181 Å². The number of hydrogen-bond donors (Lipinski definition) is 3. The monoisotopic (exact) mass is 414 g/mol. The molecular weight excluding hydrogens is 388 g/mol. The second kappa shape index (κ2) is 6.90. The van der Waals surface area contributed by atoms with E-state index in [1.165, 1.54) is 0 Å². The van der Waals surface area contributed by atoms with Crippen LogP contribution in [0.25, 0.3) is 16.8 Å². The Bertz CT molecular complexity index is 1240. The number of nitrogen functional groups attached to an aromatic ring is 1. The van der Waals surface area contributed by atoms with E-state index in [0.717, 1.165) is 33.7 Å². The fraction of sp³-hybridized carbons (Fsp3) is 0.280. The molecule has 5 rings (SSSR count). The van der Waals surface area contributed by atoms with Crippen LogP contribution < -0.4 is 5.73 Å². The Morgan fingerprint density at radius 3 is 2.35 bits per heavy atom. The molecule has 0 unspecified atom stereocenters. The molecule has 158 valence electrons. The normalized spacial score (nSPS) is 22.8. The van der Waals surface area contributed by atoms with Gasteiger partial charge in [-0.25, -0.2) is 9.97 Å². The van der Waals surface area contributed by atoms with Crippen LogP contribution in [0.15, 0.2) is 67.0 Å². The molecule has 0 spiro atoms. The van der Waals surface area contributed by atoms with Crippen molar-refractivity contribution in [2.75, 3.05) is 5.73 Å². The third-order valence-corrected chi connectivity index (χ3v) is 6.40. The Morgan fingerprint density at radius 1 is 1.06 bits per heavy atom. The lowest BCUT2D eigenvalue weighted by Crippen LogP contribution is -2.40. The molecule has 6 nitrogen and oxygen atoms in total. The number of benzene rings is 2. The van der Waals surface area contributed by atoms with Crippen LogP contribution in [0.4, 0.5) is 5.82 Å². The summed E-state index contributed by atoms with van der Waals surface area (Å²) in [5.41, 5.74) is 8.57. The number of nitrogens with two attached hydrogens (primary N) is 1. The fourth-order valence-corrected chi connectivity index (χ4v) is 4.64. The number of nitrogens with zero attached hydrogens (tertiary/aromatic N) is 3. The predicted octanol–water partition coefficient (Wildman–Crippen LogP) is 3.86. The highest BCUT2D eigenvalue weighted by Crippen LogP contribution is 2.45. The van der Waals surface area contributed by atoms with E-state index < -0.39 is 11.2 Å². The minimum atomic E-state index is -1.10. The fourth-order valence-electron chi connectivity index (χ4n) is 4.64. The first-order valence-corrected chi connectivity index (χ1v) is 10.5. The van der Waals surface area contributed by atoms with Crippen LogP contribution in [0.2, 0.25) is 0 Å². The van der Waals surface area contributed by atoms with Crippen LogP contribution in [-0.2, 0) is 5.60 Å². The molecule has 0 bridgehead atoms. The van der Waals surface area contributed by atoms with Gasteiger partial charge in [0.25, 0.3) is 0 Å². The van der Waals surface area contributed by atoms with Crippen molar-refractivity contribution in [2.45, 2.75) is 43.8 Å². The lowest BCUT2D eigenvalue weighted by atomic mass is 9.72. The van der Waals surface area contributed by atoms with Crippen molar-refractivity contribution in [3.8, 4) is 11.3 Å². The largest absolute Gasteiger partial charge is 0.390 e. The van der Waals surface area contributed by atoms with Gasteiger partial charge in [-0.1, -0.05) is 54.6 Å². The van der Waals surface area contributed by atoms with Crippen LogP contribution in [-0.4, -0.2) is 30.2 Å². The van der Waals surface area contributed by atoms with Crippen LogP contribution in [0, 0.1) is 0 Å². The van der Waals surface area contributed by atoms with E-state index in [1.807, 2.05) is 72.1 Å². The SMILES string of the molecule is CC1(O)CC(c2nc(-c3ccc([C@](C)(O)c4ccccc4)cc3)c3c(N)nccn23)C1. The quantitative estimate of drug-likeness (QED) is 0.471. The summed E-state index contributed by atoms with van der Waals surface area (Å²) in [6.45, 7) is 3.65. The topological polar surface area (TPSA) is 96.7 Å². The van der Waals surface area contributed by atoms with Crippen molar-refractivity contribution in [1.82, 2.24) is 14.4 Å². The molecule has 2 aromatic heterocycles. The first kappa shape index (κ1) is 19.7. The second-order valence-corrected chi connectivity index (χ2v) is 8.97. The molecule has 2 heterocycles. The molecule has 0 radical (unpaired) electrons. The maximum Gasteiger partial charge on any atom is 0.150 e. The van der Waals surface area contributed by atoms with Gasteiger partial charge >= 0.3 is 0 Å². The van der Waals surface area contributed by atoms with Crippen molar-refractivity contribution in [1.29, 1.82) is 0 Å². The minimum absolute atomic E-state index is 0.177. The number of hydrogen-bond acceptors (Lipinski definition) is 5. The van der Waals surface area contributed by atoms with Gasteiger partial charge in [-0.05, 0) is 37.8 Å². The van der Waals surface area contributed by atoms with Crippen LogP contribution in [0.3, 0.4) is 0 Å². The molecule has 4 N–H and O–H groups in total. The molecule has 0 saturated heterocycles. The first-order chi connectivity index (χ1) is 14.8. The van der Waals surface area contributed by atoms with E-state index in [9.17, 15) is 10.2 Å². The molecule has 31 heavy (non-hydrogen) atoms. The van der Waals surface area contributed by atoms with Gasteiger partial charge in [-0.3, -0.25) is 4.40 Å². The van der Waals surface area contributed by atoms with Crippen molar-refractivity contribution < 1.29 is 10.2 Å². The number of rotatable bonds is 4. The smallest absolute Gasteiger partial charge is 0.150 e. The summed E-state index contributed by atoms with van der Waals surface area (Å²) in [6.07, 6.45) is 4.90. The van der Waals surface area contributed by atoms with Gasteiger partial charge in [-0.15, -0.1) is 0 Å². The Balaban J connectivity index is 1.56. The standard InChI is InChI=1S/C25H26N4O2/c1-24(30)14-17(15-24)23-28-20(21-22(26)27-12-13-29(21)23)16-8-10-19(11-9-16)25(2,31)18-6-4-3-5-7-18/h3-13,17,30-31H,14-15H2,1-2H3,(H2,26,27)/t17?,24?,25-/m1/s1. The average molecular weight is 415 g/mol. The zero-order chi connectivity index (χ0) is 21.8. The summed E-state index contributed by atoms with van der Waals surface area (Å²) in [5, 5.41) is 21.3. The summed E-state index contributed by atoms with van der Waals surface area (Å²) in [7, 11) is 0. The molecule has 2 aromatic carbocycles. The lowest BCUT2D eigenvalue weighted by molar-refractivity contribution is -0.0335. The molecule has 1 atom stereocenters. The van der Waals surface area contributed by atoms with E-state index in [2.05, 4.69) is 4.98 Å². The lowest BCUT2D eigenvalue weighted by Gasteiger charge is -2.40. The number of aliphatic hydroxyl groups is 2. The van der Waals surface area contributed by atoms with E-state index in [1.54, 1.807) is 13.1 Å². The van der Waals surface area contributed by atoms with Gasteiger partial charge in [0.05, 0.1) is 5.60 Å². The summed E-state index contributed by atoms with van der Waals surface area (Å²) >= 11 is 0. The van der Waals surface area contributed by atoms with E-state index >= 15 is 0 Å². The Kier molecular flexibility index (Phi) is 4.39. The maximum absolute atomic E-state index is 11.1.